The molecular formula is C41H43N3. The van der Waals surface area contributed by atoms with Gasteiger partial charge >= 0.3 is 0 Å². The van der Waals surface area contributed by atoms with Gasteiger partial charge in [0.25, 0.3) is 0 Å². The van der Waals surface area contributed by atoms with Crippen molar-refractivity contribution in [2.24, 2.45) is 9.98 Å². The summed E-state index contributed by atoms with van der Waals surface area (Å²) >= 11 is 0. The molecule has 222 valence electrons. The number of pyridine rings is 1. The number of rotatable bonds is 9. The first kappa shape index (κ1) is 30.8. The third-order valence-corrected chi connectivity index (χ3v) is 8.27. The topological polar surface area (TPSA) is 37.6 Å². The van der Waals surface area contributed by atoms with Crippen LogP contribution < -0.4 is 0 Å². The molecule has 0 unspecified atom stereocenters. The highest BCUT2D eigenvalue weighted by Gasteiger charge is 2.22. The molecule has 0 amide bonds. The molecule has 0 spiro atoms. The molecule has 1 aromatic heterocycles. The largest absolute Gasteiger partial charge is 0.251 e. The quantitative estimate of drug-likeness (QED) is 0.127. The van der Waals surface area contributed by atoms with Gasteiger partial charge in [0.1, 0.15) is 0 Å². The zero-order valence-corrected chi connectivity index (χ0v) is 27.1. The van der Waals surface area contributed by atoms with Crippen molar-refractivity contribution in [3.8, 4) is 0 Å². The maximum Gasteiger partial charge on any atom is 0.0849 e. The van der Waals surface area contributed by atoms with E-state index in [1.165, 1.54) is 38.9 Å². The van der Waals surface area contributed by atoms with E-state index in [0.717, 1.165) is 52.6 Å². The Bertz CT molecular complexity index is 1750. The third-order valence-electron chi connectivity index (χ3n) is 8.27. The molecular weight excluding hydrogens is 534 g/mol. The Morgan fingerprint density at radius 1 is 0.591 bits per heavy atom. The lowest BCUT2D eigenvalue weighted by Gasteiger charge is -2.23. The lowest BCUT2D eigenvalue weighted by atomic mass is 9.83. The second-order valence-electron chi connectivity index (χ2n) is 11.7. The first-order valence-electron chi connectivity index (χ1n) is 15.7. The second-order valence-corrected chi connectivity index (χ2v) is 11.7. The summed E-state index contributed by atoms with van der Waals surface area (Å²) < 4.78 is 0. The molecule has 0 N–H and O–H groups in total. The van der Waals surface area contributed by atoms with Crippen molar-refractivity contribution < 1.29 is 0 Å². The summed E-state index contributed by atoms with van der Waals surface area (Å²) in [5.41, 5.74) is 15.5. The minimum atomic E-state index is 0.0613. The van der Waals surface area contributed by atoms with Crippen molar-refractivity contribution in [3.05, 3.63) is 159 Å². The van der Waals surface area contributed by atoms with Gasteiger partial charge in [-0.15, -0.1) is 0 Å². The van der Waals surface area contributed by atoms with Gasteiger partial charge in [0, 0.05) is 5.92 Å². The van der Waals surface area contributed by atoms with Crippen molar-refractivity contribution in [3.63, 3.8) is 0 Å². The van der Waals surface area contributed by atoms with Gasteiger partial charge < -0.3 is 0 Å². The SMILES string of the molecule is CCc1cc(C)cc(CC)c1N=C(C)c1cccc(C(C)=Nc2c(C)cc(C)cc2C(c2ccccc2)c2ccccc2)n1. The molecule has 4 aromatic carbocycles. The van der Waals surface area contributed by atoms with Crippen LogP contribution in [0, 0.1) is 20.8 Å². The van der Waals surface area contributed by atoms with Gasteiger partial charge in [-0.1, -0.05) is 116 Å². The van der Waals surface area contributed by atoms with Crippen molar-refractivity contribution >= 4 is 22.8 Å². The highest BCUT2D eigenvalue weighted by molar-refractivity contribution is 6.02. The van der Waals surface area contributed by atoms with E-state index in [1.54, 1.807) is 0 Å². The summed E-state index contributed by atoms with van der Waals surface area (Å²) in [4.78, 5) is 15.5. The van der Waals surface area contributed by atoms with Crippen LogP contribution in [0.15, 0.2) is 113 Å². The Labute approximate surface area is 263 Å². The van der Waals surface area contributed by atoms with Gasteiger partial charge in [-0.2, -0.15) is 0 Å². The van der Waals surface area contributed by atoms with Gasteiger partial charge in [-0.25, -0.2) is 4.98 Å². The Morgan fingerprint density at radius 3 is 1.57 bits per heavy atom. The average molecular weight is 578 g/mol. The number of hydrogen-bond acceptors (Lipinski definition) is 3. The van der Waals surface area contributed by atoms with Crippen LogP contribution in [0.25, 0.3) is 0 Å². The van der Waals surface area contributed by atoms with Gasteiger partial charge in [0.2, 0.25) is 0 Å². The van der Waals surface area contributed by atoms with Crippen molar-refractivity contribution in [2.75, 3.05) is 0 Å². The molecule has 5 aromatic rings. The molecule has 0 atom stereocenters. The molecule has 0 aliphatic heterocycles. The summed E-state index contributed by atoms with van der Waals surface area (Å²) in [6.45, 7) is 15.0. The molecule has 0 aliphatic rings. The van der Waals surface area contributed by atoms with Crippen LogP contribution in [0.2, 0.25) is 0 Å². The van der Waals surface area contributed by atoms with Crippen LogP contribution in [0.3, 0.4) is 0 Å². The van der Waals surface area contributed by atoms with E-state index in [1.807, 2.05) is 12.1 Å². The van der Waals surface area contributed by atoms with Crippen LogP contribution in [0.4, 0.5) is 11.4 Å². The van der Waals surface area contributed by atoms with Gasteiger partial charge in [-0.05, 0) is 93.0 Å². The Morgan fingerprint density at radius 2 is 1.07 bits per heavy atom. The summed E-state index contributed by atoms with van der Waals surface area (Å²) in [5.74, 6) is 0.0613. The van der Waals surface area contributed by atoms with E-state index < -0.39 is 0 Å². The maximum absolute atomic E-state index is 5.30. The number of hydrogen-bond donors (Lipinski definition) is 0. The van der Waals surface area contributed by atoms with E-state index >= 15 is 0 Å². The van der Waals surface area contributed by atoms with Crippen molar-refractivity contribution in [1.29, 1.82) is 0 Å². The van der Waals surface area contributed by atoms with Crippen LogP contribution in [0.1, 0.15) is 89.5 Å². The zero-order chi connectivity index (χ0) is 31.2. The second kappa shape index (κ2) is 13.8. The minimum Gasteiger partial charge on any atom is -0.251 e. The maximum atomic E-state index is 5.30. The standard InChI is InChI=1S/C41H43N3/c1-8-32-24-28(4)25-33(9-2)41(32)43-31(7)38-22-16-21-37(44-38)30(6)42-40-29(5)23-27(3)26-36(40)39(34-17-12-10-13-18-34)35-19-14-11-15-20-35/h10-26,39H,8-9H2,1-7H3. The summed E-state index contributed by atoms with van der Waals surface area (Å²) in [6.07, 6.45) is 1.90. The average Bonchev–Trinajstić information content (AvgIpc) is 3.04. The van der Waals surface area contributed by atoms with E-state index in [-0.39, 0.29) is 5.92 Å². The predicted octanol–water partition coefficient (Wildman–Crippen LogP) is 10.6. The van der Waals surface area contributed by atoms with E-state index in [4.69, 9.17) is 15.0 Å². The number of nitrogens with zero attached hydrogens (tertiary/aromatic N) is 3. The first-order chi connectivity index (χ1) is 21.3. The van der Waals surface area contributed by atoms with Gasteiger partial charge in [0.15, 0.2) is 0 Å². The summed E-state index contributed by atoms with van der Waals surface area (Å²) in [5, 5.41) is 0. The minimum absolute atomic E-state index is 0.0613. The first-order valence-corrected chi connectivity index (χ1v) is 15.7. The molecule has 3 heteroatoms. The zero-order valence-electron chi connectivity index (χ0n) is 27.1. The fourth-order valence-corrected chi connectivity index (χ4v) is 6.11. The fraction of sp³-hybridized carbons (Fsp3) is 0.244. The third kappa shape index (κ3) is 6.78. The van der Waals surface area contributed by atoms with Gasteiger partial charge in [-0.3, -0.25) is 9.98 Å². The molecule has 1 heterocycles. The normalized spacial score (nSPS) is 12.2. The summed E-state index contributed by atoms with van der Waals surface area (Å²) in [7, 11) is 0. The lowest BCUT2D eigenvalue weighted by Crippen LogP contribution is -2.07. The molecule has 0 bridgehead atoms. The van der Waals surface area contributed by atoms with Gasteiger partial charge in [0.05, 0.1) is 34.2 Å². The van der Waals surface area contributed by atoms with E-state index in [9.17, 15) is 0 Å². The van der Waals surface area contributed by atoms with Crippen molar-refractivity contribution in [1.82, 2.24) is 4.98 Å². The Hall–Kier alpha value is -4.63. The lowest BCUT2D eigenvalue weighted by molar-refractivity contribution is 0.969. The highest BCUT2D eigenvalue weighted by atomic mass is 14.8. The molecule has 0 saturated heterocycles. The highest BCUT2D eigenvalue weighted by Crippen LogP contribution is 2.40. The molecule has 0 fully saturated rings. The molecule has 0 aliphatic carbocycles. The summed E-state index contributed by atoms with van der Waals surface area (Å²) in [6, 6.07) is 36.6. The number of aryl methyl sites for hydroxylation is 5. The molecule has 3 nitrogen and oxygen atoms in total. The Kier molecular flexibility index (Phi) is 9.65. The van der Waals surface area contributed by atoms with Crippen LogP contribution in [0.5, 0.6) is 0 Å². The van der Waals surface area contributed by atoms with Crippen LogP contribution >= 0.6 is 0 Å². The smallest absolute Gasteiger partial charge is 0.0849 e. The Balaban J connectivity index is 1.59. The van der Waals surface area contributed by atoms with E-state index in [2.05, 4.69) is 139 Å². The monoisotopic (exact) mass is 577 g/mol. The fourth-order valence-electron chi connectivity index (χ4n) is 6.11. The van der Waals surface area contributed by atoms with E-state index in [0.29, 0.717) is 0 Å². The van der Waals surface area contributed by atoms with Crippen LogP contribution in [-0.4, -0.2) is 16.4 Å². The molecule has 44 heavy (non-hydrogen) atoms. The number of aromatic nitrogens is 1. The molecule has 5 rings (SSSR count). The molecule has 0 saturated carbocycles. The number of benzene rings is 4. The molecule has 0 radical (unpaired) electrons. The van der Waals surface area contributed by atoms with Crippen LogP contribution in [-0.2, 0) is 12.8 Å². The number of aliphatic imine (C=N–C) groups is 2. The predicted molar refractivity (Wildman–Crippen MR) is 188 cm³/mol. The van der Waals surface area contributed by atoms with Crippen molar-refractivity contribution in [2.45, 2.75) is 67.2 Å².